The molecule has 2 aromatic carbocycles. The highest BCUT2D eigenvalue weighted by atomic mass is 16.8. The molecule has 2 aromatic rings. The molecule has 9 aliphatic rings. The predicted octanol–water partition coefficient (Wildman–Crippen LogP) is 3.97. The van der Waals surface area contributed by atoms with Crippen LogP contribution in [0.3, 0.4) is 0 Å². The smallest absolute Gasteiger partial charge is 0.202 e. The van der Waals surface area contributed by atoms with Crippen molar-refractivity contribution in [3.63, 3.8) is 0 Å². The number of phenolic OH excluding ortho intramolecular Hbond substituents is 3. The van der Waals surface area contributed by atoms with E-state index in [-0.39, 0.29) is 91.0 Å². The Labute approximate surface area is 488 Å². The van der Waals surface area contributed by atoms with E-state index in [0.29, 0.717) is 19.3 Å². The first-order valence-corrected chi connectivity index (χ1v) is 29.7. The molecule has 24 nitrogen and oxygen atoms in total. The fourth-order valence-electron chi connectivity index (χ4n) is 13.9. The number of aliphatic hydroxyl groups excluding tert-OH is 1. The number of hydrogen-bond acceptors (Lipinski definition) is 24. The number of phenols is 3. The van der Waals surface area contributed by atoms with Crippen LogP contribution >= 0.6 is 0 Å². The summed E-state index contributed by atoms with van der Waals surface area (Å²) in [4.78, 5) is 58.4. The highest BCUT2D eigenvalue weighted by Gasteiger charge is 2.54. The van der Waals surface area contributed by atoms with Crippen LogP contribution in [0, 0.1) is 0 Å². The Morgan fingerprint density at radius 3 is 1.81 bits per heavy atom. The number of carbonyl (C=O) groups is 4. The standard InChI is InChI=1S/C60H82N2O22/c1-12-60(71)22-30-46(40(23-60)80-43-18-32(62(10)11)56(27(5)74-43)83-45-21-38-58(29(7)76-45)84-59-39(78-38)19-35(65)25(3)77-59)52(68)50-49(51(30)67)54(70)48-37(15-13-34(64)47(48)53(50)69)79-42-17-31(61(8)9)55(26(4)73-42)82-44-20-36(66)57(28(6)75-44)81-41-16-14-33(63)24(2)72-41/h13,15,24-29,31-32,36,38-45,55-59,64,66-68,71H,12,14,16-23H2,1-11H3/t24-,25+,26-,27-,28-,29-,31+,32+,36+,38+,39+,40?,41-,42+,43-,44+,45+,55-,56-,57-,58-,59-,60?/m1/s1. The SMILES string of the molecule is CCC1(O)Cc2c(O)c3c(c(O)c2C(O[C@@H]2C[C@H](N(C)C)[C@H](O[C@H]4C[C@@H]5O[C@H]6CC(=O)[C@H](C)O[C@@H]6O[C@@H]5[C@@H](C)O4)[C@@H](C)O2)C1)C(=O)c1c(O)ccc(O[C@H]2C[C@H](N(C)C)[C@H](O[C@H]4C[C@H](O)[C@H](O[C@@H]5CCC(=O)[C@@H](C)O5)[C@@H](C)O4)[C@@H](C)O2)c1C3=O. The molecule has 7 fully saturated rings. The number of aromatic hydroxyl groups is 3. The van der Waals surface area contributed by atoms with Crippen molar-refractivity contribution in [1.82, 2.24) is 9.80 Å². The molecule has 24 heteroatoms. The van der Waals surface area contributed by atoms with E-state index in [4.69, 9.17) is 61.6 Å². The number of ether oxygens (including phenoxy) is 13. The van der Waals surface area contributed by atoms with Gasteiger partial charge >= 0.3 is 0 Å². The number of ketones is 4. The fourth-order valence-corrected chi connectivity index (χ4v) is 13.9. The molecular formula is C60H82N2O22. The van der Waals surface area contributed by atoms with E-state index in [1.807, 2.05) is 51.8 Å². The zero-order valence-corrected chi connectivity index (χ0v) is 49.5. The number of benzene rings is 2. The van der Waals surface area contributed by atoms with E-state index >= 15 is 4.79 Å². The third-order valence-corrected chi connectivity index (χ3v) is 18.6. The molecule has 7 saturated heterocycles. The molecule has 23 atom stereocenters. The van der Waals surface area contributed by atoms with Crippen molar-refractivity contribution < 1.29 is 106 Å². The second kappa shape index (κ2) is 24.0. The second-order valence-electron chi connectivity index (χ2n) is 24.8. The van der Waals surface area contributed by atoms with Crippen molar-refractivity contribution in [2.24, 2.45) is 0 Å². The number of aliphatic hydroxyl groups is 2. The Balaban J connectivity index is 0.790. The lowest BCUT2D eigenvalue weighted by molar-refractivity contribution is -0.371. The van der Waals surface area contributed by atoms with Gasteiger partial charge in [-0.1, -0.05) is 6.92 Å². The molecule has 84 heavy (non-hydrogen) atoms. The van der Waals surface area contributed by atoms with Crippen LogP contribution in [-0.2, 0) is 72.9 Å². The zero-order chi connectivity index (χ0) is 60.1. The molecule has 464 valence electrons. The molecule has 2 aliphatic carbocycles. The van der Waals surface area contributed by atoms with Crippen molar-refractivity contribution in [3.05, 3.63) is 45.5 Å². The predicted molar refractivity (Wildman–Crippen MR) is 290 cm³/mol. The van der Waals surface area contributed by atoms with Crippen LogP contribution in [0.25, 0.3) is 0 Å². The molecule has 0 spiro atoms. The Morgan fingerprint density at radius 2 is 1.17 bits per heavy atom. The Morgan fingerprint density at radius 1 is 0.595 bits per heavy atom. The summed E-state index contributed by atoms with van der Waals surface area (Å²) in [6.45, 7) is 12.4. The van der Waals surface area contributed by atoms with Gasteiger partial charge in [-0.2, -0.15) is 0 Å². The molecule has 0 aromatic heterocycles. The van der Waals surface area contributed by atoms with Crippen LogP contribution in [0.15, 0.2) is 12.1 Å². The number of carbonyl (C=O) groups excluding carboxylic acids is 4. The number of rotatable bonds is 13. The number of hydrogen-bond donors (Lipinski definition) is 5. The summed E-state index contributed by atoms with van der Waals surface area (Å²) in [5.41, 5.74) is -3.37. The van der Waals surface area contributed by atoms with Crippen molar-refractivity contribution in [1.29, 1.82) is 0 Å². The zero-order valence-electron chi connectivity index (χ0n) is 49.5. The Bertz CT molecular complexity index is 2820. The molecule has 0 bridgehead atoms. The van der Waals surface area contributed by atoms with Gasteiger partial charge in [-0.15, -0.1) is 0 Å². The van der Waals surface area contributed by atoms with E-state index in [2.05, 4.69) is 0 Å². The molecule has 11 rings (SSSR count). The molecule has 0 radical (unpaired) electrons. The van der Waals surface area contributed by atoms with Gasteiger partial charge in [0, 0.05) is 81.0 Å². The Kier molecular flexibility index (Phi) is 17.5. The lowest BCUT2D eigenvalue weighted by atomic mass is 9.72. The highest BCUT2D eigenvalue weighted by molar-refractivity contribution is 6.32. The van der Waals surface area contributed by atoms with Crippen molar-refractivity contribution in [2.75, 3.05) is 28.2 Å². The molecule has 0 amide bonds. The summed E-state index contributed by atoms with van der Waals surface area (Å²) < 4.78 is 82.4. The number of Topliss-reactive ketones (excluding diaryl/α,β-unsaturated/α-hetero) is 2. The summed E-state index contributed by atoms with van der Waals surface area (Å²) in [6, 6.07) is 1.83. The third kappa shape index (κ3) is 11.6. The lowest BCUT2D eigenvalue weighted by Crippen LogP contribution is -2.62. The van der Waals surface area contributed by atoms with Crippen molar-refractivity contribution >= 4 is 23.1 Å². The minimum atomic E-state index is -1.51. The fraction of sp³-hybridized carbons (Fsp3) is 0.733. The summed E-state index contributed by atoms with van der Waals surface area (Å²) in [5, 5.41) is 59.6. The number of likely N-dealkylation sites (N-methyl/N-ethyl adjacent to an activating group) is 2. The number of nitrogens with zero attached hydrogens (tertiary/aromatic N) is 2. The maximum Gasteiger partial charge on any atom is 0.202 e. The van der Waals surface area contributed by atoms with Gasteiger partial charge in [0.15, 0.2) is 43.0 Å². The van der Waals surface area contributed by atoms with Crippen molar-refractivity contribution in [2.45, 2.75) is 254 Å². The average molecular weight is 1180 g/mol. The van der Waals surface area contributed by atoms with E-state index < -0.39 is 174 Å². The van der Waals surface area contributed by atoms with Gasteiger partial charge in [0.25, 0.3) is 0 Å². The van der Waals surface area contributed by atoms with Crippen LogP contribution < -0.4 is 4.74 Å². The van der Waals surface area contributed by atoms with E-state index in [1.165, 1.54) is 12.1 Å². The average Bonchev–Trinajstić information content (AvgIpc) is 1.89. The third-order valence-electron chi connectivity index (χ3n) is 18.6. The monoisotopic (exact) mass is 1180 g/mol. The van der Waals surface area contributed by atoms with Crippen LogP contribution in [0.2, 0.25) is 0 Å². The normalized spacial score (nSPS) is 41.6. The van der Waals surface area contributed by atoms with Gasteiger partial charge in [0.1, 0.15) is 65.7 Å². The second-order valence-corrected chi connectivity index (χ2v) is 24.8. The first-order valence-electron chi connectivity index (χ1n) is 29.7. The van der Waals surface area contributed by atoms with E-state index in [0.717, 1.165) is 0 Å². The maximum atomic E-state index is 15.0. The van der Waals surface area contributed by atoms with Gasteiger partial charge in [-0.05, 0) is 88.3 Å². The summed E-state index contributed by atoms with van der Waals surface area (Å²) in [5.74, 6) is -3.92. The summed E-state index contributed by atoms with van der Waals surface area (Å²) >= 11 is 0. The van der Waals surface area contributed by atoms with Crippen LogP contribution in [-0.4, -0.2) is 221 Å². The van der Waals surface area contributed by atoms with Crippen LogP contribution in [0.4, 0.5) is 0 Å². The Hall–Kier alpha value is -4.32. The van der Waals surface area contributed by atoms with E-state index in [9.17, 15) is 39.9 Å². The molecule has 2 unspecified atom stereocenters. The van der Waals surface area contributed by atoms with Gasteiger partial charge in [-0.3, -0.25) is 19.2 Å². The molecule has 7 heterocycles. The van der Waals surface area contributed by atoms with Crippen molar-refractivity contribution in [3.8, 4) is 23.0 Å². The minimum Gasteiger partial charge on any atom is -0.507 e. The van der Waals surface area contributed by atoms with Gasteiger partial charge in [0.2, 0.25) is 17.9 Å². The lowest BCUT2D eigenvalue weighted by Gasteiger charge is -2.50. The molecule has 5 N–H and O–H groups in total. The van der Waals surface area contributed by atoms with Crippen LogP contribution in [0.1, 0.15) is 155 Å². The van der Waals surface area contributed by atoms with E-state index in [1.54, 1.807) is 34.6 Å². The van der Waals surface area contributed by atoms with Gasteiger partial charge in [-0.25, -0.2) is 0 Å². The minimum absolute atomic E-state index is 0.00166. The van der Waals surface area contributed by atoms with Gasteiger partial charge in [0.05, 0.1) is 70.6 Å². The number of fused-ring (bicyclic) bond motifs is 5. The highest BCUT2D eigenvalue weighted by Crippen LogP contribution is 2.54. The summed E-state index contributed by atoms with van der Waals surface area (Å²) in [7, 11) is 7.51. The topological polar surface area (TPSA) is 296 Å². The largest absolute Gasteiger partial charge is 0.507 e. The first kappa shape index (κ1) is 61.3. The van der Waals surface area contributed by atoms with Gasteiger partial charge < -0.3 is 96.9 Å². The summed E-state index contributed by atoms with van der Waals surface area (Å²) in [6.07, 6.45) is -12.3. The van der Waals surface area contributed by atoms with Crippen LogP contribution in [0.5, 0.6) is 23.0 Å². The molecule has 0 saturated carbocycles. The molecular weight excluding hydrogens is 1100 g/mol. The maximum absolute atomic E-state index is 15.0. The first-order chi connectivity index (χ1) is 39.8. The quantitative estimate of drug-likeness (QED) is 0.151. The molecule has 7 aliphatic heterocycles.